The minimum atomic E-state index is -4.74. The summed E-state index contributed by atoms with van der Waals surface area (Å²) in [6, 6.07) is 13.8. The zero-order valence-electron chi connectivity index (χ0n) is 19.4. The zero-order chi connectivity index (χ0) is 24.2. The van der Waals surface area contributed by atoms with Crippen molar-refractivity contribution in [1.29, 1.82) is 0 Å². The highest BCUT2D eigenvalue weighted by Crippen LogP contribution is 2.36. The lowest BCUT2D eigenvalue weighted by atomic mass is 9.74. The summed E-state index contributed by atoms with van der Waals surface area (Å²) >= 11 is 0. The first-order chi connectivity index (χ1) is 16.2. The van der Waals surface area contributed by atoms with E-state index >= 15 is 0 Å². The third-order valence-electron chi connectivity index (χ3n) is 6.86. The highest BCUT2D eigenvalue weighted by molar-refractivity contribution is 5.83. The Morgan fingerprint density at radius 1 is 1.09 bits per heavy atom. The monoisotopic (exact) mass is 476 g/mol. The fraction of sp³-hybridized carbons (Fsp3) is 0.500. The summed E-state index contributed by atoms with van der Waals surface area (Å²) < 4.78 is 47.5. The number of nitrogens with zero attached hydrogens (tertiary/aromatic N) is 1. The number of nitrogens with one attached hydrogen (secondary N) is 1. The quantitative estimate of drug-likeness (QED) is 0.651. The second-order valence-electron chi connectivity index (χ2n) is 9.40. The summed E-state index contributed by atoms with van der Waals surface area (Å²) in [4.78, 5) is 15.8. The molecule has 0 spiro atoms. The van der Waals surface area contributed by atoms with Crippen molar-refractivity contribution in [2.75, 3.05) is 33.4 Å². The van der Waals surface area contributed by atoms with Crippen molar-refractivity contribution < 1.29 is 27.4 Å². The van der Waals surface area contributed by atoms with E-state index in [4.69, 9.17) is 4.74 Å². The first-order valence-corrected chi connectivity index (χ1v) is 11.7. The van der Waals surface area contributed by atoms with Crippen LogP contribution in [-0.4, -0.2) is 56.6 Å². The van der Waals surface area contributed by atoms with Crippen molar-refractivity contribution >= 4 is 5.91 Å². The first-order valence-electron chi connectivity index (χ1n) is 11.7. The molecule has 0 bridgehead atoms. The van der Waals surface area contributed by atoms with Gasteiger partial charge in [0.25, 0.3) is 0 Å². The number of hydrogen-bond acceptors (Lipinski definition) is 4. The van der Waals surface area contributed by atoms with Crippen molar-refractivity contribution in [3.8, 4) is 16.9 Å². The molecule has 184 valence electrons. The molecule has 2 aromatic rings. The van der Waals surface area contributed by atoms with Gasteiger partial charge in [0, 0.05) is 19.3 Å². The standard InChI is InChI=1S/C26H31F3N2O3/c1-31-12-8-22(9-13-31)30-24(32)25(10-14-33-15-11-25)18-19-4-2-5-20(16-19)21-6-3-7-23(17-21)34-26(27,28)29/h2-7,16-17,22H,8-15,18H2,1H3,(H,30,32). The predicted molar refractivity (Wildman–Crippen MR) is 123 cm³/mol. The van der Waals surface area contributed by atoms with E-state index in [1.54, 1.807) is 6.07 Å². The van der Waals surface area contributed by atoms with E-state index in [9.17, 15) is 18.0 Å². The van der Waals surface area contributed by atoms with Crippen molar-refractivity contribution in [2.45, 2.75) is 44.5 Å². The molecule has 0 saturated carbocycles. The second kappa shape index (κ2) is 10.4. The molecule has 5 nitrogen and oxygen atoms in total. The number of halogens is 3. The topological polar surface area (TPSA) is 50.8 Å². The molecule has 8 heteroatoms. The predicted octanol–water partition coefficient (Wildman–Crippen LogP) is 4.80. The minimum Gasteiger partial charge on any atom is -0.406 e. The molecule has 2 fully saturated rings. The summed E-state index contributed by atoms with van der Waals surface area (Å²) in [6.45, 7) is 3.02. The Hall–Kier alpha value is -2.58. The fourth-order valence-corrected chi connectivity index (χ4v) is 4.86. The molecular formula is C26H31F3N2O3. The van der Waals surface area contributed by atoms with Gasteiger partial charge < -0.3 is 19.7 Å². The van der Waals surface area contributed by atoms with Crippen LogP contribution in [-0.2, 0) is 16.0 Å². The van der Waals surface area contributed by atoms with Crippen LogP contribution in [0.25, 0.3) is 11.1 Å². The van der Waals surface area contributed by atoms with Gasteiger partial charge in [-0.05, 0) is 81.1 Å². The van der Waals surface area contributed by atoms with Gasteiger partial charge in [0.2, 0.25) is 5.91 Å². The van der Waals surface area contributed by atoms with Crippen molar-refractivity contribution in [3.05, 3.63) is 54.1 Å². The van der Waals surface area contributed by atoms with E-state index in [1.165, 1.54) is 18.2 Å². The number of hydrogen-bond donors (Lipinski definition) is 1. The normalized spacial score (nSPS) is 19.5. The first kappa shape index (κ1) is 24.5. The minimum absolute atomic E-state index is 0.0799. The molecule has 0 unspecified atom stereocenters. The van der Waals surface area contributed by atoms with Gasteiger partial charge in [-0.3, -0.25) is 4.79 Å². The van der Waals surface area contributed by atoms with Gasteiger partial charge in [-0.15, -0.1) is 13.2 Å². The average molecular weight is 477 g/mol. The number of ether oxygens (including phenoxy) is 2. The molecule has 4 rings (SSSR count). The Bertz CT molecular complexity index is 981. The third-order valence-corrected chi connectivity index (χ3v) is 6.86. The van der Waals surface area contributed by atoms with E-state index in [0.29, 0.717) is 38.0 Å². The molecule has 34 heavy (non-hydrogen) atoms. The molecule has 2 saturated heterocycles. The number of amides is 1. The maximum absolute atomic E-state index is 13.5. The largest absolute Gasteiger partial charge is 0.573 e. The Morgan fingerprint density at radius 3 is 2.41 bits per heavy atom. The van der Waals surface area contributed by atoms with Crippen LogP contribution in [0.15, 0.2) is 48.5 Å². The van der Waals surface area contributed by atoms with E-state index in [1.807, 2.05) is 24.3 Å². The summed E-state index contributed by atoms with van der Waals surface area (Å²) in [7, 11) is 2.09. The number of carbonyl (C=O) groups excluding carboxylic acids is 1. The lowest BCUT2D eigenvalue weighted by Gasteiger charge is -2.38. The van der Waals surface area contributed by atoms with Gasteiger partial charge in [-0.1, -0.05) is 36.4 Å². The molecule has 0 aromatic heterocycles. The van der Waals surface area contributed by atoms with Crippen LogP contribution in [0.2, 0.25) is 0 Å². The maximum Gasteiger partial charge on any atom is 0.573 e. The van der Waals surface area contributed by atoms with E-state index < -0.39 is 11.8 Å². The van der Waals surface area contributed by atoms with Crippen LogP contribution in [0.1, 0.15) is 31.2 Å². The van der Waals surface area contributed by atoms with Crippen LogP contribution in [0, 0.1) is 5.41 Å². The molecule has 0 atom stereocenters. The van der Waals surface area contributed by atoms with Crippen LogP contribution in [0.4, 0.5) is 13.2 Å². The number of carbonyl (C=O) groups is 1. The molecule has 2 aliphatic rings. The lowest BCUT2D eigenvalue weighted by Crippen LogP contribution is -2.51. The maximum atomic E-state index is 13.5. The molecule has 0 aliphatic carbocycles. The Labute approximate surface area is 198 Å². The zero-order valence-corrected chi connectivity index (χ0v) is 19.4. The van der Waals surface area contributed by atoms with Crippen molar-refractivity contribution in [3.63, 3.8) is 0 Å². The molecule has 1 N–H and O–H groups in total. The second-order valence-corrected chi connectivity index (χ2v) is 9.40. The number of piperidine rings is 1. The molecule has 0 radical (unpaired) electrons. The third kappa shape index (κ3) is 6.30. The van der Waals surface area contributed by atoms with Gasteiger partial charge in [0.05, 0.1) is 5.41 Å². The van der Waals surface area contributed by atoms with Crippen LogP contribution >= 0.6 is 0 Å². The van der Waals surface area contributed by atoms with Gasteiger partial charge >= 0.3 is 6.36 Å². The van der Waals surface area contributed by atoms with Crippen molar-refractivity contribution in [2.24, 2.45) is 5.41 Å². The average Bonchev–Trinajstić information content (AvgIpc) is 2.80. The Balaban J connectivity index is 1.52. The highest BCUT2D eigenvalue weighted by Gasteiger charge is 2.41. The van der Waals surface area contributed by atoms with Gasteiger partial charge in [0.1, 0.15) is 5.75 Å². The molecular weight excluding hydrogens is 445 g/mol. The van der Waals surface area contributed by atoms with Crippen LogP contribution in [0.5, 0.6) is 5.75 Å². The fourth-order valence-electron chi connectivity index (χ4n) is 4.86. The summed E-state index contributed by atoms with van der Waals surface area (Å²) in [5.41, 5.74) is 1.82. The van der Waals surface area contributed by atoms with Gasteiger partial charge in [-0.25, -0.2) is 0 Å². The molecule has 1 amide bonds. The highest BCUT2D eigenvalue weighted by atomic mass is 19.4. The summed E-state index contributed by atoms with van der Waals surface area (Å²) in [6.07, 6.45) is -1.01. The number of likely N-dealkylation sites (tertiary alicyclic amines) is 1. The van der Waals surface area contributed by atoms with E-state index in [-0.39, 0.29) is 17.7 Å². The molecule has 2 heterocycles. The van der Waals surface area contributed by atoms with Crippen LogP contribution < -0.4 is 10.1 Å². The summed E-state index contributed by atoms with van der Waals surface area (Å²) in [5, 5.41) is 3.30. The van der Waals surface area contributed by atoms with E-state index in [2.05, 4.69) is 22.0 Å². The number of alkyl halides is 3. The molecule has 2 aliphatic heterocycles. The Morgan fingerprint density at radius 2 is 1.74 bits per heavy atom. The smallest absolute Gasteiger partial charge is 0.406 e. The Kier molecular flexibility index (Phi) is 7.48. The van der Waals surface area contributed by atoms with Crippen LogP contribution in [0.3, 0.4) is 0 Å². The number of benzene rings is 2. The molecule has 2 aromatic carbocycles. The number of rotatable bonds is 6. The lowest BCUT2D eigenvalue weighted by molar-refractivity contribution is -0.274. The van der Waals surface area contributed by atoms with Gasteiger partial charge in [0.15, 0.2) is 0 Å². The van der Waals surface area contributed by atoms with Crippen molar-refractivity contribution in [1.82, 2.24) is 10.2 Å². The van der Waals surface area contributed by atoms with E-state index in [0.717, 1.165) is 37.1 Å². The summed E-state index contributed by atoms with van der Waals surface area (Å²) in [5.74, 6) is -0.176. The SMILES string of the molecule is CN1CCC(NC(=O)C2(Cc3cccc(-c4cccc(OC(F)(F)F)c4)c3)CCOCC2)CC1. The van der Waals surface area contributed by atoms with Gasteiger partial charge in [-0.2, -0.15) is 0 Å².